The van der Waals surface area contributed by atoms with Gasteiger partial charge in [-0.3, -0.25) is 4.79 Å². The number of halogens is 1. The molecule has 2 fully saturated rings. The number of benzene rings is 1. The number of carbonyl (C=O) groups excluding carboxylic acids is 1. The Morgan fingerprint density at radius 2 is 2.28 bits per heavy atom. The second-order valence-electron chi connectivity index (χ2n) is 5.29. The number of hydrogen-bond donors (Lipinski definition) is 1. The highest BCUT2D eigenvalue weighted by Crippen LogP contribution is 2.33. The lowest BCUT2D eigenvalue weighted by Gasteiger charge is -2.27. The van der Waals surface area contributed by atoms with Gasteiger partial charge in [0.05, 0.1) is 0 Å². The van der Waals surface area contributed by atoms with Crippen molar-refractivity contribution in [1.29, 1.82) is 0 Å². The molecule has 0 radical (unpaired) electrons. The number of hydrogen-bond acceptors (Lipinski definition) is 2. The maximum atomic E-state index is 12.6. The highest BCUT2D eigenvalue weighted by molar-refractivity contribution is 6.30. The Morgan fingerprint density at radius 3 is 3.06 bits per heavy atom. The molecule has 0 saturated carbocycles. The summed E-state index contributed by atoms with van der Waals surface area (Å²) >= 11 is 5.96. The molecule has 3 unspecified atom stereocenters. The molecule has 18 heavy (non-hydrogen) atoms. The maximum absolute atomic E-state index is 12.6. The van der Waals surface area contributed by atoms with Crippen molar-refractivity contribution < 1.29 is 4.79 Å². The Balaban J connectivity index is 1.87. The topological polar surface area (TPSA) is 32.3 Å². The number of carbonyl (C=O) groups is 1. The van der Waals surface area contributed by atoms with Crippen molar-refractivity contribution >= 4 is 17.5 Å². The van der Waals surface area contributed by atoms with Crippen LogP contribution in [0.2, 0.25) is 5.02 Å². The van der Waals surface area contributed by atoms with Crippen LogP contribution in [0.1, 0.15) is 23.7 Å². The van der Waals surface area contributed by atoms with Crippen LogP contribution in [0.5, 0.6) is 0 Å². The standard InChI is InChI=1S/C14H17ClN2O/c1-9-5-11-7-16-8-13(11)17(9)14(18)10-3-2-4-12(15)6-10/h2-4,6,9,11,13,16H,5,7-8H2,1H3. The van der Waals surface area contributed by atoms with E-state index in [1.165, 1.54) is 0 Å². The van der Waals surface area contributed by atoms with Gasteiger partial charge in [0.2, 0.25) is 0 Å². The molecule has 3 atom stereocenters. The molecular formula is C14H17ClN2O. The van der Waals surface area contributed by atoms with Crippen molar-refractivity contribution in [3.05, 3.63) is 34.9 Å². The van der Waals surface area contributed by atoms with Gasteiger partial charge in [-0.15, -0.1) is 0 Å². The van der Waals surface area contributed by atoms with Gasteiger partial charge in [-0.1, -0.05) is 17.7 Å². The number of nitrogens with zero attached hydrogens (tertiary/aromatic N) is 1. The normalized spacial score (nSPS) is 30.6. The summed E-state index contributed by atoms with van der Waals surface area (Å²) in [5, 5.41) is 3.99. The summed E-state index contributed by atoms with van der Waals surface area (Å²) in [7, 11) is 0. The lowest BCUT2D eigenvalue weighted by Crippen LogP contribution is -2.42. The predicted molar refractivity (Wildman–Crippen MR) is 71.8 cm³/mol. The zero-order chi connectivity index (χ0) is 12.7. The van der Waals surface area contributed by atoms with E-state index in [1.807, 2.05) is 17.0 Å². The lowest BCUT2D eigenvalue weighted by molar-refractivity contribution is 0.0682. The predicted octanol–water partition coefficient (Wildman–Crippen LogP) is 2.16. The highest BCUT2D eigenvalue weighted by Gasteiger charge is 2.44. The van der Waals surface area contributed by atoms with Gasteiger partial charge >= 0.3 is 0 Å². The minimum atomic E-state index is 0.112. The fraction of sp³-hybridized carbons (Fsp3) is 0.500. The van der Waals surface area contributed by atoms with Crippen LogP contribution in [0.3, 0.4) is 0 Å². The van der Waals surface area contributed by atoms with Crippen molar-refractivity contribution in [2.75, 3.05) is 13.1 Å². The molecule has 2 aliphatic rings. The summed E-state index contributed by atoms with van der Waals surface area (Å²) < 4.78 is 0. The van der Waals surface area contributed by atoms with Crippen LogP contribution >= 0.6 is 11.6 Å². The maximum Gasteiger partial charge on any atom is 0.254 e. The number of likely N-dealkylation sites (tertiary alicyclic amines) is 1. The number of amides is 1. The second-order valence-corrected chi connectivity index (χ2v) is 5.73. The third kappa shape index (κ3) is 1.91. The average molecular weight is 265 g/mol. The van der Waals surface area contributed by atoms with E-state index in [9.17, 15) is 4.79 Å². The first kappa shape index (κ1) is 12.0. The molecule has 3 rings (SSSR count). The molecule has 0 spiro atoms. The first-order valence-corrected chi connectivity index (χ1v) is 6.83. The number of rotatable bonds is 1. The Bertz CT molecular complexity index is 477. The molecule has 1 aromatic carbocycles. The quantitative estimate of drug-likeness (QED) is 0.843. The lowest BCUT2D eigenvalue weighted by atomic mass is 10.0. The van der Waals surface area contributed by atoms with Gasteiger partial charge in [0.1, 0.15) is 0 Å². The Kier molecular flexibility index (Phi) is 3.04. The summed E-state index contributed by atoms with van der Waals surface area (Å²) in [6.45, 7) is 4.09. The minimum Gasteiger partial charge on any atom is -0.331 e. The third-order valence-electron chi connectivity index (χ3n) is 4.09. The van der Waals surface area contributed by atoms with Crippen molar-refractivity contribution in [1.82, 2.24) is 10.2 Å². The average Bonchev–Trinajstić information content (AvgIpc) is 2.88. The van der Waals surface area contributed by atoms with Gasteiger partial charge < -0.3 is 10.2 Å². The summed E-state index contributed by atoms with van der Waals surface area (Å²) in [6, 6.07) is 7.91. The van der Waals surface area contributed by atoms with Gasteiger partial charge in [-0.25, -0.2) is 0 Å². The van der Waals surface area contributed by atoms with E-state index in [4.69, 9.17) is 11.6 Å². The molecule has 1 amide bonds. The van der Waals surface area contributed by atoms with Crippen molar-refractivity contribution in [3.8, 4) is 0 Å². The molecule has 0 bridgehead atoms. The molecule has 4 heteroatoms. The van der Waals surface area contributed by atoms with Crippen LogP contribution in [0.15, 0.2) is 24.3 Å². The Hall–Kier alpha value is -1.06. The van der Waals surface area contributed by atoms with Crippen LogP contribution in [-0.4, -0.2) is 36.0 Å². The van der Waals surface area contributed by atoms with E-state index in [1.54, 1.807) is 12.1 Å². The number of fused-ring (bicyclic) bond motifs is 1. The minimum absolute atomic E-state index is 0.112. The molecular weight excluding hydrogens is 248 g/mol. The van der Waals surface area contributed by atoms with Crippen LogP contribution < -0.4 is 5.32 Å². The summed E-state index contributed by atoms with van der Waals surface area (Å²) in [6.07, 6.45) is 1.10. The molecule has 2 aliphatic heterocycles. The third-order valence-corrected chi connectivity index (χ3v) is 4.32. The van der Waals surface area contributed by atoms with E-state index in [-0.39, 0.29) is 5.91 Å². The van der Waals surface area contributed by atoms with Crippen molar-refractivity contribution in [3.63, 3.8) is 0 Å². The Morgan fingerprint density at radius 1 is 1.44 bits per heavy atom. The van der Waals surface area contributed by atoms with E-state index in [0.29, 0.717) is 28.6 Å². The highest BCUT2D eigenvalue weighted by atomic mass is 35.5. The van der Waals surface area contributed by atoms with E-state index < -0.39 is 0 Å². The van der Waals surface area contributed by atoms with Gasteiger partial charge in [0, 0.05) is 35.8 Å². The monoisotopic (exact) mass is 264 g/mol. The molecule has 2 heterocycles. The molecule has 3 nitrogen and oxygen atoms in total. The molecule has 1 aromatic rings. The van der Waals surface area contributed by atoms with Crippen LogP contribution in [-0.2, 0) is 0 Å². The molecule has 96 valence electrons. The molecule has 0 aromatic heterocycles. The summed E-state index contributed by atoms with van der Waals surface area (Å²) in [5.41, 5.74) is 0.696. The van der Waals surface area contributed by atoms with Crippen molar-refractivity contribution in [2.24, 2.45) is 5.92 Å². The first-order chi connectivity index (χ1) is 8.66. The second kappa shape index (κ2) is 4.56. The van der Waals surface area contributed by atoms with Gasteiger partial charge in [-0.05, 0) is 37.5 Å². The van der Waals surface area contributed by atoms with Crippen LogP contribution in [0.25, 0.3) is 0 Å². The van der Waals surface area contributed by atoms with E-state index >= 15 is 0 Å². The SMILES string of the molecule is CC1CC2CNCC2N1C(=O)c1cccc(Cl)c1. The van der Waals surface area contributed by atoms with Crippen molar-refractivity contribution in [2.45, 2.75) is 25.4 Å². The smallest absolute Gasteiger partial charge is 0.254 e. The fourth-order valence-corrected chi connectivity index (χ4v) is 3.48. The zero-order valence-electron chi connectivity index (χ0n) is 10.4. The largest absolute Gasteiger partial charge is 0.331 e. The Labute approximate surface area is 112 Å². The first-order valence-electron chi connectivity index (χ1n) is 6.46. The van der Waals surface area contributed by atoms with Crippen LogP contribution in [0, 0.1) is 5.92 Å². The van der Waals surface area contributed by atoms with Gasteiger partial charge in [-0.2, -0.15) is 0 Å². The van der Waals surface area contributed by atoms with E-state index in [2.05, 4.69) is 12.2 Å². The molecule has 2 saturated heterocycles. The molecule has 0 aliphatic carbocycles. The van der Waals surface area contributed by atoms with Gasteiger partial charge in [0.15, 0.2) is 0 Å². The van der Waals surface area contributed by atoms with Crippen LogP contribution in [0.4, 0.5) is 0 Å². The van der Waals surface area contributed by atoms with E-state index in [0.717, 1.165) is 19.5 Å². The number of nitrogens with one attached hydrogen (secondary N) is 1. The summed E-state index contributed by atoms with van der Waals surface area (Å²) in [4.78, 5) is 14.6. The summed E-state index contributed by atoms with van der Waals surface area (Å²) in [5.74, 6) is 0.726. The van der Waals surface area contributed by atoms with Gasteiger partial charge in [0.25, 0.3) is 5.91 Å². The fourth-order valence-electron chi connectivity index (χ4n) is 3.29. The zero-order valence-corrected chi connectivity index (χ0v) is 11.2. The molecule has 1 N–H and O–H groups in total.